The molecule has 0 saturated carbocycles. The second-order valence-electron chi connectivity index (χ2n) is 7.95. The van der Waals surface area contributed by atoms with Gasteiger partial charge in [-0.2, -0.15) is 0 Å². The van der Waals surface area contributed by atoms with Crippen LogP contribution in [0, 0.1) is 0 Å². The van der Waals surface area contributed by atoms with E-state index in [-0.39, 0.29) is 6.42 Å². The molecule has 0 radical (unpaired) electrons. The molecule has 0 bridgehead atoms. The number of nitrogens with one attached hydrogen (secondary N) is 1. The lowest BCUT2D eigenvalue weighted by molar-refractivity contribution is -0.137. The number of rotatable bonds is 5. The number of hydrogen-bond acceptors (Lipinski definition) is 3. The number of carbonyl (C=O) groups excluding carboxylic acids is 1. The van der Waals surface area contributed by atoms with Gasteiger partial charge in [0, 0.05) is 0 Å². The molecular formula is C24H25NO4. The van der Waals surface area contributed by atoms with E-state index in [9.17, 15) is 14.7 Å². The molecule has 2 N–H and O–H groups in total. The van der Waals surface area contributed by atoms with Crippen molar-refractivity contribution < 1.29 is 19.4 Å². The van der Waals surface area contributed by atoms with Crippen LogP contribution in [0.3, 0.4) is 0 Å². The third-order valence-electron chi connectivity index (χ3n) is 4.47. The Balaban J connectivity index is 2.00. The molecule has 0 aliphatic rings. The van der Waals surface area contributed by atoms with Gasteiger partial charge in [0.25, 0.3) is 0 Å². The van der Waals surface area contributed by atoms with E-state index in [4.69, 9.17) is 4.74 Å². The van der Waals surface area contributed by atoms with Crippen molar-refractivity contribution in [1.82, 2.24) is 5.32 Å². The van der Waals surface area contributed by atoms with Crippen LogP contribution in [0.5, 0.6) is 0 Å². The topological polar surface area (TPSA) is 75.6 Å². The second-order valence-corrected chi connectivity index (χ2v) is 7.95. The van der Waals surface area contributed by atoms with Crippen molar-refractivity contribution in [2.75, 3.05) is 0 Å². The summed E-state index contributed by atoms with van der Waals surface area (Å²) >= 11 is 0. The summed E-state index contributed by atoms with van der Waals surface area (Å²) in [5.41, 5.74) is 1.90. The number of amides is 1. The Bertz CT molecular complexity index is 1040. The van der Waals surface area contributed by atoms with Gasteiger partial charge in [0.2, 0.25) is 0 Å². The SMILES string of the molecule is CC(C)(C)OC(=O)N[C@H](CC(=O)O)c1ccccc1-c1ccc2ccccc2c1. The van der Waals surface area contributed by atoms with Crippen LogP contribution in [0.15, 0.2) is 66.7 Å². The maximum atomic E-state index is 12.3. The number of benzene rings is 3. The molecule has 0 unspecified atom stereocenters. The Morgan fingerprint density at radius 1 is 0.966 bits per heavy atom. The molecule has 0 saturated heterocycles. The zero-order valence-corrected chi connectivity index (χ0v) is 16.8. The Morgan fingerprint density at radius 3 is 2.31 bits per heavy atom. The first-order valence-electron chi connectivity index (χ1n) is 9.52. The highest BCUT2D eigenvalue weighted by Gasteiger charge is 2.24. The molecule has 0 aromatic heterocycles. The van der Waals surface area contributed by atoms with Crippen molar-refractivity contribution in [2.24, 2.45) is 0 Å². The maximum Gasteiger partial charge on any atom is 0.408 e. The van der Waals surface area contributed by atoms with Gasteiger partial charge in [0.15, 0.2) is 0 Å². The van der Waals surface area contributed by atoms with Crippen LogP contribution in [0.1, 0.15) is 38.8 Å². The molecule has 1 amide bonds. The molecule has 3 rings (SSSR count). The molecule has 5 heteroatoms. The molecule has 0 fully saturated rings. The largest absolute Gasteiger partial charge is 0.481 e. The third kappa shape index (κ3) is 5.35. The van der Waals surface area contributed by atoms with Crippen LogP contribution in [-0.4, -0.2) is 22.8 Å². The molecule has 5 nitrogen and oxygen atoms in total. The molecule has 150 valence electrons. The van der Waals surface area contributed by atoms with Crippen molar-refractivity contribution >= 4 is 22.8 Å². The van der Waals surface area contributed by atoms with E-state index < -0.39 is 23.7 Å². The summed E-state index contributed by atoms with van der Waals surface area (Å²) in [5, 5.41) is 14.3. The van der Waals surface area contributed by atoms with E-state index in [2.05, 4.69) is 11.4 Å². The van der Waals surface area contributed by atoms with Crippen LogP contribution in [-0.2, 0) is 9.53 Å². The normalized spacial score (nSPS) is 12.4. The van der Waals surface area contributed by atoms with Gasteiger partial charge in [0.05, 0.1) is 12.5 Å². The van der Waals surface area contributed by atoms with Gasteiger partial charge in [0.1, 0.15) is 5.60 Å². The van der Waals surface area contributed by atoms with Crippen molar-refractivity contribution in [2.45, 2.75) is 38.8 Å². The van der Waals surface area contributed by atoms with Gasteiger partial charge in [-0.25, -0.2) is 4.79 Å². The zero-order chi connectivity index (χ0) is 21.0. The van der Waals surface area contributed by atoms with Crippen LogP contribution < -0.4 is 5.32 Å². The summed E-state index contributed by atoms with van der Waals surface area (Å²) in [6, 6.07) is 21.0. The summed E-state index contributed by atoms with van der Waals surface area (Å²) in [4.78, 5) is 23.8. The van der Waals surface area contributed by atoms with Crippen molar-refractivity contribution in [3.05, 3.63) is 72.3 Å². The minimum atomic E-state index is -1.00. The van der Waals surface area contributed by atoms with Gasteiger partial charge < -0.3 is 15.2 Å². The fourth-order valence-electron chi connectivity index (χ4n) is 3.28. The lowest BCUT2D eigenvalue weighted by Gasteiger charge is -2.24. The average Bonchev–Trinajstić information content (AvgIpc) is 2.65. The van der Waals surface area contributed by atoms with Gasteiger partial charge in [-0.15, -0.1) is 0 Å². The molecule has 0 aliphatic carbocycles. The Hall–Kier alpha value is -3.34. The molecule has 0 heterocycles. The van der Waals surface area contributed by atoms with E-state index in [0.29, 0.717) is 0 Å². The molecular weight excluding hydrogens is 366 g/mol. The summed E-state index contributed by atoms with van der Waals surface area (Å²) in [7, 11) is 0. The maximum absolute atomic E-state index is 12.3. The van der Waals surface area contributed by atoms with Gasteiger partial charge in [-0.3, -0.25) is 4.79 Å². The second kappa shape index (κ2) is 8.35. The minimum Gasteiger partial charge on any atom is -0.481 e. The first-order chi connectivity index (χ1) is 13.7. The number of hydrogen-bond donors (Lipinski definition) is 2. The highest BCUT2D eigenvalue weighted by molar-refractivity contribution is 5.88. The fourth-order valence-corrected chi connectivity index (χ4v) is 3.28. The summed E-state index contributed by atoms with van der Waals surface area (Å²) in [5.74, 6) is -1.00. The first-order valence-corrected chi connectivity index (χ1v) is 9.52. The molecule has 3 aromatic carbocycles. The number of fused-ring (bicyclic) bond motifs is 1. The quantitative estimate of drug-likeness (QED) is 0.598. The molecule has 3 aromatic rings. The number of alkyl carbamates (subject to hydrolysis) is 1. The van der Waals surface area contributed by atoms with Crippen molar-refractivity contribution in [1.29, 1.82) is 0 Å². The Morgan fingerprint density at radius 2 is 1.62 bits per heavy atom. The van der Waals surface area contributed by atoms with Crippen LogP contribution in [0.2, 0.25) is 0 Å². The highest BCUT2D eigenvalue weighted by atomic mass is 16.6. The number of carboxylic acid groups (broad SMARTS) is 1. The highest BCUT2D eigenvalue weighted by Crippen LogP contribution is 2.32. The zero-order valence-electron chi connectivity index (χ0n) is 16.8. The number of carbonyl (C=O) groups is 2. The number of aliphatic carboxylic acids is 1. The van der Waals surface area contributed by atoms with Crippen molar-refractivity contribution in [3.8, 4) is 11.1 Å². The predicted molar refractivity (Wildman–Crippen MR) is 114 cm³/mol. The summed E-state index contributed by atoms with van der Waals surface area (Å²) < 4.78 is 5.33. The first kappa shape index (κ1) is 20.4. The summed E-state index contributed by atoms with van der Waals surface area (Å²) in [6.45, 7) is 5.30. The van der Waals surface area contributed by atoms with Gasteiger partial charge in [-0.1, -0.05) is 60.7 Å². The Labute approximate surface area is 170 Å². The lowest BCUT2D eigenvalue weighted by atomic mass is 9.92. The van der Waals surface area contributed by atoms with E-state index in [1.54, 1.807) is 20.8 Å². The van der Waals surface area contributed by atoms with Gasteiger partial charge >= 0.3 is 12.1 Å². The smallest absolute Gasteiger partial charge is 0.408 e. The van der Waals surface area contributed by atoms with Crippen molar-refractivity contribution in [3.63, 3.8) is 0 Å². The van der Waals surface area contributed by atoms with Crippen LogP contribution in [0.4, 0.5) is 4.79 Å². The molecule has 29 heavy (non-hydrogen) atoms. The lowest BCUT2D eigenvalue weighted by Crippen LogP contribution is -2.36. The van der Waals surface area contributed by atoms with E-state index in [0.717, 1.165) is 27.5 Å². The van der Waals surface area contributed by atoms with E-state index in [1.165, 1.54) is 0 Å². The summed E-state index contributed by atoms with van der Waals surface area (Å²) in [6.07, 6.45) is -0.888. The minimum absolute atomic E-state index is 0.246. The van der Waals surface area contributed by atoms with Crippen LogP contribution >= 0.6 is 0 Å². The number of carboxylic acids is 1. The van der Waals surface area contributed by atoms with E-state index in [1.807, 2.05) is 60.7 Å². The average molecular weight is 391 g/mol. The fraction of sp³-hybridized carbons (Fsp3) is 0.250. The standard InChI is InChI=1S/C24H25NO4/c1-24(2,3)29-23(28)25-21(15-22(26)27)20-11-7-6-10-19(20)18-13-12-16-8-4-5-9-17(16)14-18/h4-14,21H,15H2,1-3H3,(H,25,28)(H,26,27)/t21-/m1/s1. The van der Waals surface area contributed by atoms with E-state index >= 15 is 0 Å². The monoisotopic (exact) mass is 391 g/mol. The molecule has 0 aliphatic heterocycles. The third-order valence-corrected chi connectivity index (χ3v) is 4.47. The Kier molecular flexibility index (Phi) is 5.87. The number of ether oxygens (including phenoxy) is 1. The molecule has 1 atom stereocenters. The molecule has 0 spiro atoms. The predicted octanol–water partition coefficient (Wildman–Crippen LogP) is 5.55. The van der Waals surface area contributed by atoms with Crippen LogP contribution in [0.25, 0.3) is 21.9 Å². The van der Waals surface area contributed by atoms with Gasteiger partial charge in [-0.05, 0) is 54.3 Å².